The number of amides is 3. The van der Waals surface area contributed by atoms with E-state index >= 15 is 0 Å². The van der Waals surface area contributed by atoms with E-state index in [-0.39, 0.29) is 38.9 Å². The highest BCUT2D eigenvalue weighted by atomic mass is 35.5. The minimum Gasteiger partial charge on any atom is -0.493 e. The second kappa shape index (κ2) is 12.9. The molecule has 5 rings (SSSR count). The van der Waals surface area contributed by atoms with Crippen molar-refractivity contribution in [3.8, 4) is 11.5 Å². The van der Waals surface area contributed by atoms with Crippen molar-refractivity contribution in [1.29, 1.82) is 0 Å². The van der Waals surface area contributed by atoms with E-state index < -0.39 is 11.8 Å². The number of nitrogens with zero attached hydrogens (tertiary/aromatic N) is 2. The van der Waals surface area contributed by atoms with Crippen molar-refractivity contribution in [3.05, 3.63) is 93.0 Å². The highest BCUT2D eigenvalue weighted by molar-refractivity contribution is 7.80. The third-order valence-electron chi connectivity index (χ3n) is 7.01. The van der Waals surface area contributed by atoms with E-state index in [1.165, 1.54) is 19.6 Å². The van der Waals surface area contributed by atoms with Gasteiger partial charge in [0.05, 0.1) is 22.8 Å². The van der Waals surface area contributed by atoms with Crippen molar-refractivity contribution < 1.29 is 23.9 Å². The highest BCUT2D eigenvalue weighted by Crippen LogP contribution is 2.35. The molecule has 2 heterocycles. The average molecular weight is 625 g/mol. The van der Waals surface area contributed by atoms with Gasteiger partial charge in [-0.15, -0.1) is 0 Å². The number of hydrogen-bond donors (Lipinski definition) is 1. The van der Waals surface area contributed by atoms with Gasteiger partial charge in [-0.25, -0.2) is 0 Å². The monoisotopic (exact) mass is 623 g/mol. The van der Waals surface area contributed by atoms with Crippen molar-refractivity contribution in [2.24, 2.45) is 0 Å². The van der Waals surface area contributed by atoms with Gasteiger partial charge in [-0.1, -0.05) is 47.5 Å². The first-order chi connectivity index (χ1) is 20.3. The molecule has 42 heavy (non-hydrogen) atoms. The van der Waals surface area contributed by atoms with Crippen LogP contribution in [0, 0.1) is 0 Å². The fourth-order valence-corrected chi connectivity index (χ4v) is 5.44. The minimum absolute atomic E-state index is 0.0549. The number of methoxy groups -OCH3 is 1. The molecule has 0 aromatic heterocycles. The van der Waals surface area contributed by atoms with Gasteiger partial charge in [0.2, 0.25) is 0 Å². The molecule has 0 saturated carbocycles. The Hall–Kier alpha value is -3.92. The van der Waals surface area contributed by atoms with E-state index in [1.807, 2.05) is 29.2 Å². The third-order valence-corrected chi connectivity index (χ3v) is 8.10. The second-order valence-corrected chi connectivity index (χ2v) is 11.0. The number of thiocarbonyl (C=S) groups is 1. The zero-order valence-corrected chi connectivity index (χ0v) is 25.0. The van der Waals surface area contributed by atoms with Gasteiger partial charge in [0, 0.05) is 18.7 Å². The standard InChI is InChI=1S/C31H27Cl2N3O5S/c1-40-26-17-20(16-22-28(37)34-31(42)36(30(22)39)24-7-5-6-23(32)27(24)33)10-13-25(26)41-18-19-8-11-21(12-9-19)29(38)35-14-3-2-4-15-35/h5-13,16-17H,2-4,14-15,18H2,1H3,(H,34,37,42)/b22-16+. The predicted octanol–water partition coefficient (Wildman–Crippen LogP) is 6.04. The average Bonchev–Trinajstić information content (AvgIpc) is 3.00. The molecule has 3 aromatic carbocycles. The maximum atomic E-state index is 13.4. The van der Waals surface area contributed by atoms with Crippen LogP contribution in [0.2, 0.25) is 10.0 Å². The summed E-state index contributed by atoms with van der Waals surface area (Å²) in [5, 5.41) is 2.81. The maximum absolute atomic E-state index is 13.4. The Morgan fingerprint density at radius 2 is 1.74 bits per heavy atom. The lowest BCUT2D eigenvalue weighted by molar-refractivity contribution is -0.122. The topological polar surface area (TPSA) is 88.2 Å². The minimum atomic E-state index is -0.644. The maximum Gasteiger partial charge on any atom is 0.270 e. The molecule has 2 saturated heterocycles. The van der Waals surface area contributed by atoms with Crippen molar-refractivity contribution in [2.45, 2.75) is 25.9 Å². The predicted molar refractivity (Wildman–Crippen MR) is 166 cm³/mol. The summed E-state index contributed by atoms with van der Waals surface area (Å²) >= 11 is 17.7. The number of benzene rings is 3. The Kier molecular flexibility index (Phi) is 9.11. The summed E-state index contributed by atoms with van der Waals surface area (Å²) in [5.74, 6) is -0.342. The Morgan fingerprint density at radius 3 is 2.45 bits per heavy atom. The molecule has 0 unspecified atom stereocenters. The van der Waals surface area contributed by atoms with Gasteiger partial charge in [-0.2, -0.15) is 0 Å². The molecule has 0 aliphatic carbocycles. The fourth-order valence-electron chi connectivity index (χ4n) is 4.79. The summed E-state index contributed by atoms with van der Waals surface area (Å²) in [6.07, 6.45) is 4.70. The van der Waals surface area contributed by atoms with Crippen molar-refractivity contribution in [2.75, 3.05) is 25.1 Å². The number of ether oxygens (including phenoxy) is 2. The van der Waals surface area contributed by atoms with Gasteiger partial charge in [0.1, 0.15) is 12.2 Å². The van der Waals surface area contributed by atoms with Crippen LogP contribution in [0.4, 0.5) is 5.69 Å². The molecule has 1 N–H and O–H groups in total. The number of rotatable bonds is 7. The molecule has 0 bridgehead atoms. The Morgan fingerprint density at radius 1 is 1.00 bits per heavy atom. The van der Waals surface area contributed by atoms with Crippen LogP contribution in [0.5, 0.6) is 11.5 Å². The summed E-state index contributed by atoms with van der Waals surface area (Å²) in [5.41, 5.74) is 2.20. The first-order valence-corrected chi connectivity index (χ1v) is 14.5. The number of piperidine rings is 1. The Labute approximate surface area is 258 Å². The van der Waals surface area contributed by atoms with Gasteiger partial charge in [-0.3, -0.25) is 24.6 Å². The van der Waals surface area contributed by atoms with Crippen LogP contribution in [0.15, 0.2) is 66.2 Å². The molecule has 0 spiro atoms. The molecule has 2 fully saturated rings. The number of carbonyl (C=O) groups is 3. The molecule has 11 heteroatoms. The van der Waals surface area contributed by atoms with E-state index in [9.17, 15) is 14.4 Å². The van der Waals surface area contributed by atoms with Gasteiger partial charge in [0.15, 0.2) is 16.6 Å². The number of likely N-dealkylation sites (tertiary alicyclic amines) is 1. The highest BCUT2D eigenvalue weighted by Gasteiger charge is 2.35. The van der Waals surface area contributed by atoms with E-state index in [0.29, 0.717) is 22.6 Å². The number of halogens is 2. The van der Waals surface area contributed by atoms with E-state index in [1.54, 1.807) is 36.4 Å². The largest absolute Gasteiger partial charge is 0.493 e. The molecular weight excluding hydrogens is 597 g/mol. The normalized spacial score (nSPS) is 16.5. The number of anilines is 1. The molecule has 0 radical (unpaired) electrons. The first kappa shape index (κ1) is 29.6. The molecule has 2 aliphatic heterocycles. The van der Waals surface area contributed by atoms with Crippen molar-refractivity contribution in [1.82, 2.24) is 10.2 Å². The molecule has 3 amide bonds. The zero-order valence-electron chi connectivity index (χ0n) is 22.7. The van der Waals surface area contributed by atoms with Gasteiger partial charge in [-0.05, 0) is 85.1 Å². The molecule has 216 valence electrons. The summed E-state index contributed by atoms with van der Waals surface area (Å²) < 4.78 is 11.5. The zero-order chi connectivity index (χ0) is 29.8. The number of carbonyl (C=O) groups excluding carboxylic acids is 3. The lowest BCUT2D eigenvalue weighted by Gasteiger charge is -2.29. The lowest BCUT2D eigenvalue weighted by atomic mass is 10.1. The van der Waals surface area contributed by atoms with Crippen LogP contribution in [-0.2, 0) is 16.2 Å². The SMILES string of the molecule is COc1cc(/C=C2\C(=O)NC(=S)N(c3cccc(Cl)c3Cl)C2=O)ccc1OCc1ccc(C(=O)N2CCCCC2)cc1. The Bertz CT molecular complexity index is 1590. The van der Waals surface area contributed by atoms with Gasteiger partial charge in [0.25, 0.3) is 17.7 Å². The molecular formula is C31H27Cl2N3O5S. The first-order valence-electron chi connectivity index (χ1n) is 13.3. The summed E-state index contributed by atoms with van der Waals surface area (Å²) in [6, 6.07) is 17.2. The van der Waals surface area contributed by atoms with Crippen LogP contribution in [-0.4, -0.2) is 47.9 Å². The third kappa shape index (κ3) is 6.28. The van der Waals surface area contributed by atoms with Crippen LogP contribution in [0.1, 0.15) is 40.7 Å². The molecule has 3 aromatic rings. The molecule has 0 atom stereocenters. The van der Waals surface area contributed by atoms with E-state index in [0.717, 1.165) is 36.4 Å². The van der Waals surface area contributed by atoms with E-state index in [4.69, 9.17) is 44.9 Å². The Balaban J connectivity index is 1.30. The second-order valence-electron chi connectivity index (χ2n) is 9.78. The summed E-state index contributed by atoms with van der Waals surface area (Å²) in [7, 11) is 1.50. The van der Waals surface area contributed by atoms with Crippen molar-refractivity contribution in [3.63, 3.8) is 0 Å². The quantitative estimate of drug-likeness (QED) is 0.196. The molecule has 2 aliphatic rings. The van der Waals surface area contributed by atoms with Gasteiger partial charge < -0.3 is 14.4 Å². The number of nitrogens with one attached hydrogen (secondary N) is 1. The lowest BCUT2D eigenvalue weighted by Crippen LogP contribution is -2.54. The van der Waals surface area contributed by atoms with Crippen LogP contribution >= 0.6 is 35.4 Å². The van der Waals surface area contributed by atoms with Gasteiger partial charge >= 0.3 is 0 Å². The van der Waals surface area contributed by atoms with Crippen molar-refractivity contribution >= 4 is 70.0 Å². The molecule has 8 nitrogen and oxygen atoms in total. The summed E-state index contributed by atoms with van der Waals surface area (Å²) in [6.45, 7) is 1.86. The van der Waals surface area contributed by atoms with E-state index in [2.05, 4.69) is 5.32 Å². The number of hydrogen-bond acceptors (Lipinski definition) is 6. The summed E-state index contributed by atoms with van der Waals surface area (Å²) in [4.78, 5) is 41.9. The van der Waals surface area contributed by atoms with Crippen LogP contribution in [0.25, 0.3) is 6.08 Å². The van der Waals surface area contributed by atoms with Crippen LogP contribution < -0.4 is 19.7 Å². The smallest absolute Gasteiger partial charge is 0.270 e. The fraction of sp³-hybridized carbons (Fsp3) is 0.226. The van der Waals surface area contributed by atoms with Crippen LogP contribution in [0.3, 0.4) is 0 Å².